The fourth-order valence-corrected chi connectivity index (χ4v) is 4.35. The van der Waals surface area contributed by atoms with Gasteiger partial charge in [-0.05, 0) is 44.2 Å². The van der Waals surface area contributed by atoms with Crippen molar-refractivity contribution < 1.29 is 9.53 Å². The van der Waals surface area contributed by atoms with Gasteiger partial charge < -0.3 is 14.6 Å². The van der Waals surface area contributed by atoms with Gasteiger partial charge in [-0.2, -0.15) is 0 Å². The van der Waals surface area contributed by atoms with Gasteiger partial charge in [0.05, 0.1) is 11.9 Å². The van der Waals surface area contributed by atoms with E-state index in [1.807, 2.05) is 6.07 Å². The van der Waals surface area contributed by atoms with E-state index in [2.05, 4.69) is 69.8 Å². The van der Waals surface area contributed by atoms with Crippen molar-refractivity contribution in [3.05, 3.63) is 53.5 Å². The standard InChI is InChI=1S/C25H33N5O2/c1-4-12-26-22(31)16-29-13-10-21(11-14-29)32-25-23-18(2)19(3)30(24(23)27-17-28-25)15-20-8-6-5-7-9-20/h5-9,17,21H,4,10-16H2,1-3H3,(H,26,31). The lowest BCUT2D eigenvalue weighted by atomic mass is 10.1. The molecule has 0 aliphatic carbocycles. The lowest BCUT2D eigenvalue weighted by molar-refractivity contribution is -0.122. The summed E-state index contributed by atoms with van der Waals surface area (Å²) in [6.45, 7) is 9.99. The zero-order chi connectivity index (χ0) is 22.5. The van der Waals surface area contributed by atoms with Gasteiger partial charge in [0.25, 0.3) is 0 Å². The quantitative estimate of drug-likeness (QED) is 0.587. The number of amides is 1. The molecule has 1 amide bonds. The highest BCUT2D eigenvalue weighted by Gasteiger charge is 2.24. The van der Waals surface area contributed by atoms with Crippen LogP contribution >= 0.6 is 0 Å². The summed E-state index contributed by atoms with van der Waals surface area (Å²) in [5, 5.41) is 3.95. The molecule has 170 valence electrons. The van der Waals surface area contributed by atoms with Crippen molar-refractivity contribution in [1.29, 1.82) is 0 Å². The topological polar surface area (TPSA) is 72.3 Å². The molecule has 0 radical (unpaired) electrons. The monoisotopic (exact) mass is 435 g/mol. The van der Waals surface area contributed by atoms with E-state index in [1.165, 1.54) is 11.3 Å². The molecule has 1 aliphatic heterocycles. The summed E-state index contributed by atoms with van der Waals surface area (Å²) in [5.41, 5.74) is 4.50. The molecule has 2 aromatic heterocycles. The summed E-state index contributed by atoms with van der Waals surface area (Å²) in [4.78, 5) is 23.3. The van der Waals surface area contributed by atoms with Gasteiger partial charge in [0, 0.05) is 31.9 Å². The van der Waals surface area contributed by atoms with Crippen molar-refractivity contribution >= 4 is 16.9 Å². The van der Waals surface area contributed by atoms with E-state index in [0.29, 0.717) is 12.4 Å². The lowest BCUT2D eigenvalue weighted by Crippen LogP contribution is -2.43. The van der Waals surface area contributed by atoms with Gasteiger partial charge in [-0.1, -0.05) is 37.3 Å². The molecule has 1 saturated heterocycles. The fraction of sp³-hybridized carbons (Fsp3) is 0.480. The van der Waals surface area contributed by atoms with Crippen LogP contribution in [0.3, 0.4) is 0 Å². The van der Waals surface area contributed by atoms with E-state index < -0.39 is 0 Å². The van der Waals surface area contributed by atoms with Gasteiger partial charge in [-0.25, -0.2) is 9.97 Å². The zero-order valence-electron chi connectivity index (χ0n) is 19.3. The van der Waals surface area contributed by atoms with Gasteiger partial charge in [0.2, 0.25) is 11.8 Å². The summed E-state index contributed by atoms with van der Waals surface area (Å²) in [5.74, 6) is 0.774. The molecule has 1 fully saturated rings. The van der Waals surface area contributed by atoms with Crippen LogP contribution in [0.4, 0.5) is 0 Å². The van der Waals surface area contributed by atoms with E-state index in [9.17, 15) is 4.79 Å². The Morgan fingerprint density at radius 2 is 1.91 bits per heavy atom. The third-order valence-electron chi connectivity index (χ3n) is 6.31. The number of nitrogens with one attached hydrogen (secondary N) is 1. The molecule has 1 aromatic carbocycles. The van der Waals surface area contributed by atoms with Gasteiger partial charge in [0.1, 0.15) is 18.1 Å². The Balaban J connectivity index is 1.45. The normalized spacial score (nSPS) is 15.2. The first kappa shape index (κ1) is 22.3. The first-order valence-electron chi connectivity index (χ1n) is 11.6. The molecule has 7 heteroatoms. The number of ether oxygens (including phenoxy) is 1. The molecule has 0 unspecified atom stereocenters. The molecule has 1 N–H and O–H groups in total. The molecule has 0 bridgehead atoms. The summed E-state index contributed by atoms with van der Waals surface area (Å²) in [6.07, 6.45) is 4.43. The van der Waals surface area contributed by atoms with Crippen LogP contribution < -0.4 is 10.1 Å². The van der Waals surface area contributed by atoms with Crippen LogP contribution in [0, 0.1) is 13.8 Å². The summed E-state index contributed by atoms with van der Waals surface area (Å²) >= 11 is 0. The van der Waals surface area contributed by atoms with Crippen LogP contribution in [0.1, 0.15) is 43.0 Å². The number of nitrogens with zero attached hydrogens (tertiary/aromatic N) is 4. The van der Waals surface area contributed by atoms with Crippen molar-refractivity contribution in [2.24, 2.45) is 0 Å². The van der Waals surface area contributed by atoms with Crippen LogP contribution in [0.2, 0.25) is 0 Å². The van der Waals surface area contributed by atoms with Gasteiger partial charge in [0.15, 0.2) is 0 Å². The van der Waals surface area contributed by atoms with Crippen LogP contribution in [0.15, 0.2) is 36.7 Å². The van der Waals surface area contributed by atoms with Gasteiger partial charge in [-0.15, -0.1) is 0 Å². The predicted molar refractivity (Wildman–Crippen MR) is 126 cm³/mol. The molecule has 32 heavy (non-hydrogen) atoms. The van der Waals surface area contributed by atoms with Gasteiger partial charge >= 0.3 is 0 Å². The number of likely N-dealkylation sites (tertiary alicyclic amines) is 1. The first-order chi connectivity index (χ1) is 15.6. The molecule has 0 atom stereocenters. The molecule has 3 aromatic rings. The minimum Gasteiger partial charge on any atom is -0.474 e. The summed E-state index contributed by atoms with van der Waals surface area (Å²) in [6, 6.07) is 10.4. The molecule has 4 rings (SSSR count). The molecule has 7 nitrogen and oxygen atoms in total. The number of aromatic nitrogens is 3. The molecule has 1 aliphatic rings. The van der Waals surface area contributed by atoms with Gasteiger partial charge in [-0.3, -0.25) is 9.69 Å². The highest BCUT2D eigenvalue weighted by Crippen LogP contribution is 2.32. The predicted octanol–water partition coefficient (Wildman–Crippen LogP) is 3.47. The Hall–Kier alpha value is -2.93. The Kier molecular flexibility index (Phi) is 7.05. The maximum Gasteiger partial charge on any atom is 0.234 e. The van der Waals surface area contributed by atoms with Crippen molar-refractivity contribution in [1.82, 2.24) is 24.8 Å². The van der Waals surface area contributed by atoms with Crippen LogP contribution in [0.25, 0.3) is 11.0 Å². The molecule has 0 saturated carbocycles. The van der Waals surface area contributed by atoms with E-state index in [1.54, 1.807) is 6.33 Å². The van der Waals surface area contributed by atoms with Crippen molar-refractivity contribution in [2.45, 2.75) is 52.7 Å². The first-order valence-corrected chi connectivity index (χ1v) is 11.6. The maximum atomic E-state index is 12.0. The van der Waals surface area contributed by atoms with E-state index in [4.69, 9.17) is 4.74 Å². The smallest absolute Gasteiger partial charge is 0.234 e. The number of fused-ring (bicyclic) bond motifs is 1. The number of aryl methyl sites for hydroxylation is 1. The van der Waals surface area contributed by atoms with Crippen molar-refractivity contribution in [3.8, 4) is 5.88 Å². The zero-order valence-corrected chi connectivity index (χ0v) is 19.3. The number of carbonyl (C=O) groups is 1. The number of rotatable bonds is 8. The summed E-state index contributed by atoms with van der Waals surface area (Å²) < 4.78 is 8.64. The fourth-order valence-electron chi connectivity index (χ4n) is 4.35. The van der Waals surface area contributed by atoms with Crippen LogP contribution in [-0.2, 0) is 11.3 Å². The molecular formula is C25H33N5O2. The number of benzene rings is 1. The Morgan fingerprint density at radius 1 is 1.16 bits per heavy atom. The summed E-state index contributed by atoms with van der Waals surface area (Å²) in [7, 11) is 0. The number of piperidine rings is 1. The van der Waals surface area contributed by atoms with Crippen molar-refractivity contribution in [3.63, 3.8) is 0 Å². The van der Waals surface area contributed by atoms with Crippen LogP contribution in [0.5, 0.6) is 5.88 Å². The number of hydrogen-bond donors (Lipinski definition) is 1. The van der Waals surface area contributed by atoms with E-state index in [0.717, 1.165) is 62.0 Å². The third-order valence-corrected chi connectivity index (χ3v) is 6.31. The number of carbonyl (C=O) groups excluding carboxylic acids is 1. The maximum absolute atomic E-state index is 12.0. The van der Waals surface area contributed by atoms with Crippen molar-refractivity contribution in [2.75, 3.05) is 26.2 Å². The second kappa shape index (κ2) is 10.1. The molecular weight excluding hydrogens is 402 g/mol. The molecule has 0 spiro atoms. The van der Waals surface area contributed by atoms with E-state index >= 15 is 0 Å². The Bertz CT molecular complexity index is 1060. The second-order valence-electron chi connectivity index (χ2n) is 8.60. The molecule has 3 heterocycles. The lowest BCUT2D eigenvalue weighted by Gasteiger charge is -2.31. The Labute approximate surface area is 189 Å². The Morgan fingerprint density at radius 3 is 2.62 bits per heavy atom. The largest absolute Gasteiger partial charge is 0.474 e. The van der Waals surface area contributed by atoms with Crippen LogP contribution in [-0.4, -0.2) is 57.6 Å². The second-order valence-corrected chi connectivity index (χ2v) is 8.60. The average Bonchev–Trinajstić information content (AvgIpc) is 3.05. The number of hydrogen-bond acceptors (Lipinski definition) is 5. The highest BCUT2D eigenvalue weighted by molar-refractivity contribution is 5.86. The minimum absolute atomic E-state index is 0.0974. The minimum atomic E-state index is 0.0974. The third kappa shape index (κ3) is 4.93. The average molecular weight is 436 g/mol. The highest BCUT2D eigenvalue weighted by atomic mass is 16.5. The SMILES string of the molecule is CCCNC(=O)CN1CCC(Oc2ncnc3c2c(C)c(C)n3Cc2ccccc2)CC1. The van der Waals surface area contributed by atoms with E-state index in [-0.39, 0.29) is 12.0 Å².